The van der Waals surface area contributed by atoms with E-state index in [9.17, 15) is 0 Å². The molecule has 0 fully saturated rings. The summed E-state index contributed by atoms with van der Waals surface area (Å²) in [5.74, 6) is 7.20. The fourth-order valence-corrected chi connectivity index (χ4v) is 3.13. The van der Waals surface area contributed by atoms with Crippen LogP contribution in [0.25, 0.3) is 10.1 Å². The maximum atomic E-state index is 7.56. The quantitative estimate of drug-likeness (QED) is 0.432. The van der Waals surface area contributed by atoms with Crippen LogP contribution in [0.1, 0.15) is 16.0 Å². The summed E-state index contributed by atoms with van der Waals surface area (Å²) in [5.41, 5.74) is 7.35. The van der Waals surface area contributed by atoms with Crippen molar-refractivity contribution in [3.8, 4) is 17.6 Å². The van der Waals surface area contributed by atoms with Crippen LogP contribution in [0, 0.1) is 17.3 Å². The van der Waals surface area contributed by atoms with E-state index in [0.717, 1.165) is 31.8 Å². The molecule has 3 N–H and O–H groups in total. The van der Waals surface area contributed by atoms with Gasteiger partial charge >= 0.3 is 0 Å². The van der Waals surface area contributed by atoms with Gasteiger partial charge in [-0.25, -0.2) is 0 Å². The molecular formula is C18H14N2OS. The number of rotatable bonds is 2. The number of nitrogens with two attached hydrogens (primary N) is 1. The predicted molar refractivity (Wildman–Crippen MR) is 91.8 cm³/mol. The van der Waals surface area contributed by atoms with Crippen LogP contribution in [0.4, 0.5) is 0 Å². The Labute approximate surface area is 132 Å². The van der Waals surface area contributed by atoms with E-state index in [1.165, 1.54) is 11.3 Å². The zero-order valence-corrected chi connectivity index (χ0v) is 12.8. The molecule has 0 bridgehead atoms. The van der Waals surface area contributed by atoms with Crippen LogP contribution >= 0.6 is 11.3 Å². The standard InChI is InChI=1S/C18H14N2OS/c1-21-15-7-3-2-5-13(15)10-9-12-6-4-8-16-14(12)11-17(22-16)18(19)20/h2-8,11H,1H3,(H3,19,20). The monoisotopic (exact) mass is 306 g/mol. The number of amidine groups is 1. The van der Waals surface area contributed by atoms with Crippen molar-refractivity contribution in [2.75, 3.05) is 7.11 Å². The first-order chi connectivity index (χ1) is 10.7. The van der Waals surface area contributed by atoms with Gasteiger partial charge in [-0.1, -0.05) is 30.0 Å². The van der Waals surface area contributed by atoms with E-state index in [-0.39, 0.29) is 5.84 Å². The first-order valence-electron chi connectivity index (χ1n) is 6.71. The molecule has 0 amide bonds. The molecule has 0 saturated carbocycles. The van der Waals surface area contributed by atoms with Crippen molar-refractivity contribution in [3.05, 3.63) is 64.5 Å². The first kappa shape index (κ1) is 14.2. The van der Waals surface area contributed by atoms with Crippen LogP contribution in [0.15, 0.2) is 48.5 Å². The van der Waals surface area contributed by atoms with Gasteiger partial charge in [-0.3, -0.25) is 5.41 Å². The summed E-state index contributed by atoms with van der Waals surface area (Å²) in [6.45, 7) is 0. The summed E-state index contributed by atoms with van der Waals surface area (Å²) in [4.78, 5) is 0.765. The number of nitrogens with one attached hydrogen (secondary N) is 1. The maximum Gasteiger partial charge on any atom is 0.134 e. The minimum Gasteiger partial charge on any atom is -0.495 e. The summed E-state index contributed by atoms with van der Waals surface area (Å²) < 4.78 is 6.39. The van der Waals surface area contributed by atoms with E-state index in [1.807, 2.05) is 48.5 Å². The summed E-state index contributed by atoms with van der Waals surface area (Å²) in [7, 11) is 1.64. The number of thiophene rings is 1. The van der Waals surface area contributed by atoms with Gasteiger partial charge in [0.25, 0.3) is 0 Å². The Hall–Kier alpha value is -2.77. The number of benzene rings is 2. The van der Waals surface area contributed by atoms with Crippen LogP contribution in [-0.2, 0) is 0 Å². The van der Waals surface area contributed by atoms with E-state index < -0.39 is 0 Å². The minimum absolute atomic E-state index is 0.0878. The molecule has 3 nitrogen and oxygen atoms in total. The van der Waals surface area contributed by atoms with Crippen molar-refractivity contribution in [1.29, 1.82) is 5.41 Å². The second-order valence-electron chi connectivity index (χ2n) is 4.69. The van der Waals surface area contributed by atoms with Crippen molar-refractivity contribution in [3.63, 3.8) is 0 Å². The van der Waals surface area contributed by atoms with Crippen LogP contribution in [0.2, 0.25) is 0 Å². The third-order valence-electron chi connectivity index (χ3n) is 3.27. The highest BCUT2D eigenvalue weighted by molar-refractivity contribution is 7.20. The van der Waals surface area contributed by atoms with Crippen LogP contribution in [0.5, 0.6) is 5.75 Å². The molecule has 0 saturated heterocycles. The number of hydrogen-bond donors (Lipinski definition) is 2. The molecule has 22 heavy (non-hydrogen) atoms. The van der Waals surface area contributed by atoms with E-state index >= 15 is 0 Å². The number of ether oxygens (including phenoxy) is 1. The van der Waals surface area contributed by atoms with Crippen molar-refractivity contribution in [2.24, 2.45) is 5.73 Å². The smallest absolute Gasteiger partial charge is 0.134 e. The van der Waals surface area contributed by atoms with Gasteiger partial charge in [0.2, 0.25) is 0 Å². The average Bonchev–Trinajstić information content (AvgIpc) is 2.98. The molecule has 0 atom stereocenters. The van der Waals surface area contributed by atoms with Crippen molar-refractivity contribution < 1.29 is 4.74 Å². The zero-order chi connectivity index (χ0) is 15.5. The lowest BCUT2D eigenvalue weighted by Crippen LogP contribution is -2.08. The minimum atomic E-state index is 0.0878. The lowest BCUT2D eigenvalue weighted by molar-refractivity contribution is 0.413. The highest BCUT2D eigenvalue weighted by atomic mass is 32.1. The highest BCUT2D eigenvalue weighted by Crippen LogP contribution is 2.28. The van der Waals surface area contributed by atoms with Crippen molar-refractivity contribution in [2.45, 2.75) is 0 Å². The lowest BCUT2D eigenvalue weighted by atomic mass is 10.1. The Kier molecular flexibility index (Phi) is 3.82. The predicted octanol–water partition coefficient (Wildman–Crippen LogP) is 3.59. The van der Waals surface area contributed by atoms with Gasteiger partial charge in [0.05, 0.1) is 17.6 Å². The fraction of sp³-hybridized carbons (Fsp3) is 0.0556. The lowest BCUT2D eigenvalue weighted by Gasteiger charge is -2.01. The zero-order valence-electron chi connectivity index (χ0n) is 12.0. The molecule has 108 valence electrons. The maximum absolute atomic E-state index is 7.56. The van der Waals surface area contributed by atoms with Crippen LogP contribution in [0.3, 0.4) is 0 Å². The molecule has 0 aliphatic carbocycles. The number of nitrogen functional groups attached to an aromatic ring is 1. The second-order valence-corrected chi connectivity index (χ2v) is 5.78. The first-order valence-corrected chi connectivity index (χ1v) is 7.52. The van der Waals surface area contributed by atoms with E-state index in [1.54, 1.807) is 7.11 Å². The summed E-state index contributed by atoms with van der Waals surface area (Å²) in [6, 6.07) is 15.6. The number of fused-ring (bicyclic) bond motifs is 1. The molecule has 0 spiro atoms. The SMILES string of the molecule is COc1ccccc1C#Cc1cccc2sc(C(=N)N)cc12. The van der Waals surface area contributed by atoms with Gasteiger partial charge in [-0.2, -0.15) is 0 Å². The molecule has 3 aromatic rings. The van der Waals surface area contributed by atoms with Crippen molar-refractivity contribution >= 4 is 27.3 Å². The van der Waals surface area contributed by atoms with E-state index in [0.29, 0.717) is 0 Å². The van der Waals surface area contributed by atoms with Gasteiger partial charge < -0.3 is 10.5 Å². The molecule has 0 radical (unpaired) electrons. The van der Waals surface area contributed by atoms with Crippen molar-refractivity contribution in [1.82, 2.24) is 0 Å². The third-order valence-corrected chi connectivity index (χ3v) is 4.40. The fourth-order valence-electron chi connectivity index (χ4n) is 2.19. The van der Waals surface area contributed by atoms with Gasteiger partial charge in [-0.05, 0) is 30.3 Å². The number of hydrogen-bond acceptors (Lipinski definition) is 3. The van der Waals surface area contributed by atoms with E-state index in [4.69, 9.17) is 15.9 Å². The Bertz CT molecular complexity index is 915. The molecule has 4 heteroatoms. The van der Waals surface area contributed by atoms with E-state index in [2.05, 4.69) is 11.8 Å². The molecular weight excluding hydrogens is 292 g/mol. The molecule has 0 aliphatic rings. The van der Waals surface area contributed by atoms with Crippen LogP contribution < -0.4 is 10.5 Å². The Morgan fingerprint density at radius 2 is 1.82 bits per heavy atom. The number of methoxy groups -OCH3 is 1. The molecule has 0 unspecified atom stereocenters. The normalized spacial score (nSPS) is 10.0. The van der Waals surface area contributed by atoms with Gasteiger partial charge in [0.15, 0.2) is 0 Å². The second kappa shape index (κ2) is 5.92. The topological polar surface area (TPSA) is 59.1 Å². The summed E-state index contributed by atoms with van der Waals surface area (Å²) >= 11 is 1.51. The van der Waals surface area contributed by atoms with Gasteiger partial charge in [0.1, 0.15) is 11.6 Å². The molecule has 0 aliphatic heterocycles. The summed E-state index contributed by atoms with van der Waals surface area (Å²) in [6.07, 6.45) is 0. The number of para-hydroxylation sites is 1. The summed E-state index contributed by atoms with van der Waals surface area (Å²) in [5, 5.41) is 8.59. The molecule has 3 rings (SSSR count). The van der Waals surface area contributed by atoms with Gasteiger partial charge in [0, 0.05) is 15.6 Å². The van der Waals surface area contributed by atoms with Crippen LogP contribution in [-0.4, -0.2) is 12.9 Å². The third kappa shape index (κ3) is 2.67. The highest BCUT2D eigenvalue weighted by Gasteiger charge is 2.06. The Balaban J connectivity index is 2.08. The molecule has 1 heterocycles. The Morgan fingerprint density at radius 1 is 1.09 bits per heavy atom. The molecule has 1 aromatic heterocycles. The molecule has 2 aromatic carbocycles. The van der Waals surface area contributed by atoms with Gasteiger partial charge in [-0.15, -0.1) is 11.3 Å². The average molecular weight is 306 g/mol. The Morgan fingerprint density at radius 3 is 2.59 bits per heavy atom. The largest absolute Gasteiger partial charge is 0.495 e.